The highest BCUT2D eigenvalue weighted by atomic mass is 16.7. The van der Waals surface area contributed by atoms with Gasteiger partial charge in [-0.1, -0.05) is 19.1 Å². The molecule has 0 spiro atoms. The van der Waals surface area contributed by atoms with Gasteiger partial charge in [0.1, 0.15) is 0 Å². The molecule has 0 saturated carbocycles. The van der Waals surface area contributed by atoms with Gasteiger partial charge in [0, 0.05) is 18.7 Å². The fourth-order valence-electron chi connectivity index (χ4n) is 1.91. The maximum atomic E-state index is 8.82. The van der Waals surface area contributed by atoms with E-state index in [2.05, 4.69) is 12.2 Å². The summed E-state index contributed by atoms with van der Waals surface area (Å²) in [5, 5.41) is 12.2. The Morgan fingerprint density at radius 2 is 2.29 bits per heavy atom. The van der Waals surface area contributed by atoms with Crippen molar-refractivity contribution in [3.05, 3.63) is 23.8 Å². The third-order valence-corrected chi connectivity index (χ3v) is 2.91. The van der Waals surface area contributed by atoms with E-state index in [9.17, 15) is 0 Å². The molecular formula is C13H19NO3. The molecule has 1 aliphatic heterocycles. The summed E-state index contributed by atoms with van der Waals surface area (Å²) >= 11 is 0. The maximum Gasteiger partial charge on any atom is 0.231 e. The Hall–Kier alpha value is -1.26. The van der Waals surface area contributed by atoms with E-state index in [1.165, 1.54) is 0 Å². The Balaban J connectivity index is 1.85. The van der Waals surface area contributed by atoms with Crippen LogP contribution in [0.15, 0.2) is 18.2 Å². The third-order valence-electron chi connectivity index (χ3n) is 2.91. The molecule has 2 rings (SSSR count). The van der Waals surface area contributed by atoms with Gasteiger partial charge in [0.2, 0.25) is 6.79 Å². The highest BCUT2D eigenvalue weighted by Crippen LogP contribution is 2.35. The number of hydrogen-bond acceptors (Lipinski definition) is 4. The molecule has 4 heteroatoms. The third kappa shape index (κ3) is 3.11. The van der Waals surface area contributed by atoms with Crippen LogP contribution < -0.4 is 14.8 Å². The van der Waals surface area contributed by atoms with Gasteiger partial charge in [-0.25, -0.2) is 0 Å². The summed E-state index contributed by atoms with van der Waals surface area (Å²) in [5.41, 5.74) is 1.12. The summed E-state index contributed by atoms with van der Waals surface area (Å²) in [6.07, 6.45) is 0.833. The van der Waals surface area contributed by atoms with Gasteiger partial charge in [0.15, 0.2) is 11.5 Å². The number of hydrogen-bond donors (Lipinski definition) is 2. The van der Waals surface area contributed by atoms with Crippen molar-refractivity contribution < 1.29 is 14.6 Å². The predicted molar refractivity (Wildman–Crippen MR) is 65.1 cm³/mol. The molecule has 1 heterocycles. The molecule has 17 heavy (non-hydrogen) atoms. The summed E-state index contributed by atoms with van der Waals surface area (Å²) in [4.78, 5) is 0. The maximum absolute atomic E-state index is 8.82. The first-order chi connectivity index (χ1) is 8.31. The Labute approximate surface area is 102 Å². The minimum Gasteiger partial charge on any atom is -0.454 e. The highest BCUT2D eigenvalue weighted by molar-refractivity contribution is 5.48. The zero-order valence-electron chi connectivity index (χ0n) is 10.1. The van der Waals surface area contributed by atoms with Crippen LogP contribution >= 0.6 is 0 Å². The first-order valence-electron chi connectivity index (χ1n) is 6.00. The number of para-hydroxylation sites is 1. The number of nitrogens with one attached hydrogen (secondary N) is 1. The molecule has 0 bridgehead atoms. The molecule has 0 saturated heterocycles. The molecule has 0 aromatic heterocycles. The molecule has 1 unspecified atom stereocenters. The van der Waals surface area contributed by atoms with E-state index < -0.39 is 0 Å². The van der Waals surface area contributed by atoms with Crippen LogP contribution in [0.5, 0.6) is 11.5 Å². The summed E-state index contributed by atoms with van der Waals surface area (Å²) in [5.74, 6) is 2.16. The van der Waals surface area contributed by atoms with Crippen molar-refractivity contribution in [2.24, 2.45) is 5.92 Å². The molecule has 0 amide bonds. The largest absolute Gasteiger partial charge is 0.454 e. The topological polar surface area (TPSA) is 50.7 Å². The van der Waals surface area contributed by atoms with Crippen LogP contribution in [-0.4, -0.2) is 25.1 Å². The smallest absolute Gasteiger partial charge is 0.231 e. The van der Waals surface area contributed by atoms with Gasteiger partial charge in [-0.2, -0.15) is 0 Å². The molecule has 1 aromatic carbocycles. The molecule has 94 valence electrons. The summed E-state index contributed by atoms with van der Waals surface area (Å²) < 4.78 is 10.8. The SMILES string of the molecule is CC(CCO)CNCc1cccc2c1OCO2. The van der Waals surface area contributed by atoms with E-state index in [0.29, 0.717) is 12.7 Å². The highest BCUT2D eigenvalue weighted by Gasteiger charge is 2.16. The molecule has 4 nitrogen and oxygen atoms in total. The molecule has 0 radical (unpaired) electrons. The molecule has 1 aliphatic rings. The van der Waals surface area contributed by atoms with Gasteiger partial charge in [-0.15, -0.1) is 0 Å². The first kappa shape index (κ1) is 12.2. The van der Waals surface area contributed by atoms with Crippen LogP contribution in [0, 0.1) is 5.92 Å². The second-order valence-corrected chi connectivity index (χ2v) is 4.40. The minimum atomic E-state index is 0.251. The van der Waals surface area contributed by atoms with E-state index in [1.807, 2.05) is 18.2 Å². The second-order valence-electron chi connectivity index (χ2n) is 4.40. The van der Waals surface area contributed by atoms with E-state index in [0.717, 1.165) is 36.6 Å². The minimum absolute atomic E-state index is 0.251. The van der Waals surface area contributed by atoms with Crippen LogP contribution in [0.2, 0.25) is 0 Å². The average molecular weight is 237 g/mol. The number of aliphatic hydroxyl groups excluding tert-OH is 1. The van der Waals surface area contributed by atoms with Crippen molar-refractivity contribution in [2.45, 2.75) is 19.9 Å². The van der Waals surface area contributed by atoms with Gasteiger partial charge in [0.25, 0.3) is 0 Å². The monoisotopic (exact) mass is 237 g/mol. The Morgan fingerprint density at radius 1 is 1.41 bits per heavy atom. The van der Waals surface area contributed by atoms with Crippen molar-refractivity contribution in [1.82, 2.24) is 5.32 Å². The van der Waals surface area contributed by atoms with E-state index in [1.54, 1.807) is 0 Å². The molecule has 1 aromatic rings. The van der Waals surface area contributed by atoms with E-state index in [-0.39, 0.29) is 6.61 Å². The quantitative estimate of drug-likeness (QED) is 0.787. The lowest BCUT2D eigenvalue weighted by atomic mass is 10.1. The summed E-state index contributed by atoms with van der Waals surface area (Å²) in [6, 6.07) is 5.93. The fourth-order valence-corrected chi connectivity index (χ4v) is 1.91. The van der Waals surface area contributed by atoms with E-state index >= 15 is 0 Å². The molecule has 0 fully saturated rings. The van der Waals surface area contributed by atoms with Crippen molar-refractivity contribution in [1.29, 1.82) is 0 Å². The summed E-state index contributed by atoms with van der Waals surface area (Å²) in [6.45, 7) is 4.35. The van der Waals surface area contributed by atoms with Gasteiger partial charge < -0.3 is 19.9 Å². The number of aliphatic hydroxyl groups is 1. The van der Waals surface area contributed by atoms with Crippen LogP contribution in [0.25, 0.3) is 0 Å². The van der Waals surface area contributed by atoms with Crippen LogP contribution in [-0.2, 0) is 6.54 Å². The first-order valence-corrected chi connectivity index (χ1v) is 6.00. The average Bonchev–Trinajstić information content (AvgIpc) is 2.78. The predicted octanol–water partition coefficient (Wildman–Crippen LogP) is 1.52. The lowest BCUT2D eigenvalue weighted by Gasteiger charge is -2.12. The van der Waals surface area contributed by atoms with Gasteiger partial charge in [0.05, 0.1) is 0 Å². The Bertz CT molecular complexity index is 368. The Morgan fingerprint density at radius 3 is 3.12 bits per heavy atom. The van der Waals surface area contributed by atoms with Crippen molar-refractivity contribution in [3.8, 4) is 11.5 Å². The zero-order chi connectivity index (χ0) is 12.1. The number of benzene rings is 1. The lowest BCUT2D eigenvalue weighted by molar-refractivity contribution is 0.173. The fraction of sp³-hybridized carbons (Fsp3) is 0.538. The standard InChI is InChI=1S/C13H19NO3/c1-10(5-6-15)7-14-8-11-3-2-4-12-13(11)17-9-16-12/h2-4,10,14-15H,5-9H2,1H3. The van der Waals surface area contributed by atoms with Crippen molar-refractivity contribution >= 4 is 0 Å². The van der Waals surface area contributed by atoms with Crippen molar-refractivity contribution in [3.63, 3.8) is 0 Å². The van der Waals surface area contributed by atoms with Gasteiger partial charge in [-0.05, 0) is 24.9 Å². The lowest BCUT2D eigenvalue weighted by Crippen LogP contribution is -2.21. The number of ether oxygens (including phenoxy) is 2. The van der Waals surface area contributed by atoms with Crippen molar-refractivity contribution in [2.75, 3.05) is 19.9 Å². The summed E-state index contributed by atoms with van der Waals surface area (Å²) in [7, 11) is 0. The van der Waals surface area contributed by atoms with Gasteiger partial charge in [-0.3, -0.25) is 0 Å². The van der Waals surface area contributed by atoms with E-state index in [4.69, 9.17) is 14.6 Å². The molecule has 2 N–H and O–H groups in total. The zero-order valence-corrected chi connectivity index (χ0v) is 10.1. The van der Waals surface area contributed by atoms with Crippen LogP contribution in [0.1, 0.15) is 18.9 Å². The second kappa shape index (κ2) is 5.89. The normalized spacial score (nSPS) is 14.9. The number of fused-ring (bicyclic) bond motifs is 1. The van der Waals surface area contributed by atoms with Crippen LogP contribution in [0.4, 0.5) is 0 Å². The number of rotatable bonds is 6. The van der Waals surface area contributed by atoms with Gasteiger partial charge >= 0.3 is 0 Å². The molecule has 0 aliphatic carbocycles. The Kier molecular flexibility index (Phi) is 4.23. The molecule has 1 atom stereocenters. The molecular weight excluding hydrogens is 218 g/mol. The van der Waals surface area contributed by atoms with Crippen LogP contribution in [0.3, 0.4) is 0 Å².